The standard InChI is InChI=1S/C70H40F4N2.Ir/c71-55-32-34-62(67(73)40-55)48-29-27-47(28-30-48)57-17-7-9-19-59(57)52-37-53(60-20-10-8-18-58(60)51-31-36-69(75-43-51)64-35-33-56(72)41-68(64)74)39-54(38-52)61-21-11-12-22-63(61)66-44-76-70(50-15-5-2-6-16-50)42-65(66)49-25-23-46(24-26-49)45-13-3-1-4-14-45;/h1-15,17-29,31-33,36-44H;/q-4;. The fourth-order valence-corrected chi connectivity index (χ4v) is 9.86. The van der Waals surface area contributed by atoms with Gasteiger partial charge in [-0.2, -0.15) is 23.8 Å². The zero-order valence-electron chi connectivity index (χ0n) is 40.8. The van der Waals surface area contributed by atoms with Crippen molar-refractivity contribution in [3.05, 3.63) is 290 Å². The van der Waals surface area contributed by atoms with Gasteiger partial charge in [-0.3, -0.25) is 17.6 Å². The molecule has 12 rings (SSSR count). The molecule has 10 aromatic carbocycles. The summed E-state index contributed by atoms with van der Waals surface area (Å²) < 4.78 is 57.5. The van der Waals surface area contributed by atoms with E-state index in [0.29, 0.717) is 11.3 Å². The van der Waals surface area contributed by atoms with Crippen LogP contribution in [0.25, 0.3) is 123 Å². The topological polar surface area (TPSA) is 25.8 Å². The Bertz CT molecular complexity index is 3910. The molecular formula is C70H40F4IrN2-4. The number of nitrogens with zero attached hydrogens (tertiary/aromatic N) is 2. The molecule has 2 aromatic heterocycles. The second-order valence-electron chi connectivity index (χ2n) is 18.3. The normalized spacial score (nSPS) is 11.0. The smallest absolute Gasteiger partial charge is 0.0408 e. The average Bonchev–Trinajstić information content (AvgIpc) is 3.49. The monoisotopic (exact) mass is 1180 g/mol. The third-order valence-corrected chi connectivity index (χ3v) is 13.6. The van der Waals surface area contributed by atoms with E-state index in [-0.39, 0.29) is 31.2 Å². The average molecular weight is 1180 g/mol. The van der Waals surface area contributed by atoms with Gasteiger partial charge in [-0.15, -0.1) is 71.8 Å². The summed E-state index contributed by atoms with van der Waals surface area (Å²) in [7, 11) is 0. The molecule has 0 bridgehead atoms. The van der Waals surface area contributed by atoms with E-state index in [4.69, 9.17) is 4.98 Å². The van der Waals surface area contributed by atoms with E-state index in [1.54, 1.807) is 18.3 Å². The van der Waals surface area contributed by atoms with Crippen LogP contribution in [0.15, 0.2) is 243 Å². The SMILES string of the molecule is Fc1c[c-]c(-c2[c-]cc(-c3ccccc3-c3cc(-c4ccccc4-c4ccc(-c5[c-]cc(F)cc5F)nc4)cc(-c4ccccc4-c4cnc(-c5[c-]cccc5)cc4-c4ccc(-c5ccccc5)cc4)c3)cc2)c(F)c1.[Ir]. The minimum absolute atomic E-state index is 0. The first kappa shape index (κ1) is 50.0. The number of rotatable bonds is 11. The van der Waals surface area contributed by atoms with Gasteiger partial charge in [0.2, 0.25) is 0 Å². The summed E-state index contributed by atoms with van der Waals surface area (Å²) in [6.45, 7) is 0. The van der Waals surface area contributed by atoms with Gasteiger partial charge in [0.15, 0.2) is 0 Å². The van der Waals surface area contributed by atoms with Gasteiger partial charge in [0.25, 0.3) is 0 Å². The van der Waals surface area contributed by atoms with Crippen molar-refractivity contribution in [3.63, 3.8) is 0 Å². The van der Waals surface area contributed by atoms with Gasteiger partial charge in [0, 0.05) is 55.5 Å². The van der Waals surface area contributed by atoms with E-state index >= 15 is 0 Å². The molecule has 0 aliphatic rings. The molecule has 0 spiro atoms. The molecule has 0 aliphatic heterocycles. The van der Waals surface area contributed by atoms with Gasteiger partial charge in [-0.1, -0.05) is 169 Å². The Kier molecular flexibility index (Phi) is 14.3. The van der Waals surface area contributed by atoms with Crippen LogP contribution in [0, 0.1) is 47.5 Å². The van der Waals surface area contributed by atoms with Crippen molar-refractivity contribution in [2.75, 3.05) is 0 Å². The summed E-state index contributed by atoms with van der Waals surface area (Å²) in [5.41, 5.74) is 18.0. The molecule has 0 atom stereocenters. The second kappa shape index (κ2) is 22.0. The molecule has 77 heavy (non-hydrogen) atoms. The summed E-state index contributed by atoms with van der Waals surface area (Å²) >= 11 is 0. The van der Waals surface area contributed by atoms with Crippen LogP contribution in [0.1, 0.15) is 0 Å². The Morgan fingerprint density at radius 2 is 0.779 bits per heavy atom. The molecule has 0 unspecified atom stereocenters. The van der Waals surface area contributed by atoms with Crippen molar-refractivity contribution >= 4 is 0 Å². The maximum absolute atomic E-state index is 14.9. The Hall–Kier alpha value is -9.13. The minimum atomic E-state index is -0.742. The molecule has 2 heterocycles. The van der Waals surface area contributed by atoms with Crippen molar-refractivity contribution in [2.45, 2.75) is 0 Å². The van der Waals surface area contributed by atoms with E-state index in [9.17, 15) is 17.6 Å². The minimum Gasteiger partial charge on any atom is -0.304 e. The molecule has 371 valence electrons. The molecule has 0 aliphatic carbocycles. The van der Waals surface area contributed by atoms with E-state index in [2.05, 4.69) is 132 Å². The van der Waals surface area contributed by atoms with E-state index in [1.807, 2.05) is 97.2 Å². The maximum Gasteiger partial charge on any atom is 0.0408 e. The number of benzene rings is 10. The molecule has 1 radical (unpaired) electrons. The Labute approximate surface area is 458 Å². The van der Waals surface area contributed by atoms with Crippen LogP contribution >= 0.6 is 0 Å². The van der Waals surface area contributed by atoms with Crippen LogP contribution in [0.4, 0.5) is 17.6 Å². The summed E-state index contributed by atoms with van der Waals surface area (Å²) in [5.74, 6) is -2.86. The third kappa shape index (κ3) is 10.4. The second-order valence-corrected chi connectivity index (χ2v) is 18.3. The fourth-order valence-electron chi connectivity index (χ4n) is 9.86. The maximum atomic E-state index is 14.9. The van der Waals surface area contributed by atoms with Crippen molar-refractivity contribution in [1.29, 1.82) is 0 Å². The predicted octanol–water partition coefficient (Wildman–Crippen LogP) is 18.6. The van der Waals surface area contributed by atoms with Crippen LogP contribution in [0.2, 0.25) is 0 Å². The largest absolute Gasteiger partial charge is 0.304 e. The molecule has 0 fully saturated rings. The van der Waals surface area contributed by atoms with Gasteiger partial charge in [-0.05, 0) is 108 Å². The van der Waals surface area contributed by atoms with E-state index in [1.165, 1.54) is 0 Å². The Balaban J connectivity index is 0.00000631. The van der Waals surface area contributed by atoms with Crippen molar-refractivity contribution < 1.29 is 37.7 Å². The van der Waals surface area contributed by atoms with E-state index in [0.717, 1.165) is 125 Å². The fraction of sp³-hybridized carbons (Fsp3) is 0. The van der Waals surface area contributed by atoms with Gasteiger partial charge >= 0.3 is 0 Å². The molecule has 12 aromatic rings. The first-order valence-electron chi connectivity index (χ1n) is 24.6. The third-order valence-electron chi connectivity index (χ3n) is 13.6. The summed E-state index contributed by atoms with van der Waals surface area (Å²) in [6, 6.07) is 85.3. The van der Waals surface area contributed by atoms with Crippen LogP contribution in [0.5, 0.6) is 0 Å². The molecule has 0 saturated heterocycles. The van der Waals surface area contributed by atoms with Crippen LogP contribution in [-0.2, 0) is 20.1 Å². The van der Waals surface area contributed by atoms with Crippen LogP contribution < -0.4 is 0 Å². The summed E-state index contributed by atoms with van der Waals surface area (Å²) in [5, 5.41) is 0. The zero-order valence-corrected chi connectivity index (χ0v) is 43.2. The number of halogens is 4. The first-order valence-corrected chi connectivity index (χ1v) is 24.6. The quantitative estimate of drug-likeness (QED) is 0.0953. The Morgan fingerprint density at radius 1 is 0.286 bits per heavy atom. The number of aromatic nitrogens is 2. The van der Waals surface area contributed by atoms with Crippen molar-refractivity contribution in [3.8, 4) is 123 Å². The molecule has 0 saturated carbocycles. The molecule has 0 amide bonds. The van der Waals surface area contributed by atoms with E-state index < -0.39 is 23.3 Å². The van der Waals surface area contributed by atoms with Gasteiger partial charge in [0.05, 0.1) is 0 Å². The zero-order chi connectivity index (χ0) is 51.5. The van der Waals surface area contributed by atoms with Crippen LogP contribution in [0.3, 0.4) is 0 Å². The first-order chi connectivity index (χ1) is 37.3. The van der Waals surface area contributed by atoms with Gasteiger partial charge in [0.1, 0.15) is 0 Å². The Morgan fingerprint density at radius 3 is 1.34 bits per heavy atom. The van der Waals surface area contributed by atoms with Gasteiger partial charge < -0.3 is 9.97 Å². The molecule has 7 heteroatoms. The predicted molar refractivity (Wildman–Crippen MR) is 297 cm³/mol. The summed E-state index contributed by atoms with van der Waals surface area (Å²) in [6.07, 6.45) is 3.67. The van der Waals surface area contributed by atoms with Crippen molar-refractivity contribution in [2.24, 2.45) is 0 Å². The van der Waals surface area contributed by atoms with Crippen LogP contribution in [-0.4, -0.2) is 9.97 Å². The molecular weight excluding hydrogens is 1140 g/mol. The molecule has 2 nitrogen and oxygen atoms in total. The van der Waals surface area contributed by atoms with Crippen molar-refractivity contribution in [1.82, 2.24) is 9.97 Å². The summed E-state index contributed by atoms with van der Waals surface area (Å²) in [4.78, 5) is 9.72. The van der Waals surface area contributed by atoms with Gasteiger partial charge in [-0.25, -0.2) is 5.56 Å². The number of hydrogen-bond donors (Lipinski definition) is 0. The number of pyridine rings is 2. The number of hydrogen-bond acceptors (Lipinski definition) is 2. The molecule has 0 N–H and O–H groups in total.